The highest BCUT2D eigenvalue weighted by atomic mass is 32.2. The molecule has 0 bridgehead atoms. The molecule has 2 heterocycles. The van der Waals surface area contributed by atoms with Gasteiger partial charge in [-0.15, -0.1) is 0 Å². The van der Waals surface area contributed by atoms with Crippen molar-refractivity contribution < 1.29 is 13.2 Å². The maximum Gasteiger partial charge on any atom is 0.272 e. The van der Waals surface area contributed by atoms with E-state index in [0.29, 0.717) is 10.7 Å². The Morgan fingerprint density at radius 1 is 1.04 bits per heavy atom. The highest BCUT2D eigenvalue weighted by Gasteiger charge is 2.41. The summed E-state index contributed by atoms with van der Waals surface area (Å²) < 4.78 is 25.9. The molecule has 2 aromatic rings. The van der Waals surface area contributed by atoms with E-state index in [2.05, 4.69) is 5.32 Å². The molecular weight excluding hydrogens is 332 g/mol. The molecule has 0 spiro atoms. The van der Waals surface area contributed by atoms with Gasteiger partial charge in [-0.3, -0.25) is 4.79 Å². The van der Waals surface area contributed by atoms with Gasteiger partial charge in [-0.2, -0.15) is 0 Å². The molecule has 7 heteroatoms. The Morgan fingerprint density at radius 2 is 1.74 bits per heavy atom. The number of likely N-dealkylation sites (N-methyl/N-ethyl adjacent to an activating group) is 1. The number of carbonyl (C=O) groups excluding carboxylic acids is 1. The number of nitrogens with one attached hydrogen (secondary N) is 1. The van der Waals surface area contributed by atoms with Gasteiger partial charge >= 0.3 is 0 Å². The number of thioether (sulfide) groups is 1. The number of carbonyl (C=O) groups is 1. The summed E-state index contributed by atoms with van der Waals surface area (Å²) in [5.41, 5.74) is 1.21. The van der Waals surface area contributed by atoms with Gasteiger partial charge in [-0.1, -0.05) is 36.0 Å². The zero-order chi connectivity index (χ0) is 16.2. The SMILES string of the molecule is CN1C(=O)/C(=C2\Nc3ccccc3S2)S(=O)(=O)c2ccccc21. The molecule has 2 aliphatic heterocycles. The number of sulfone groups is 1. The molecule has 1 amide bonds. The zero-order valence-electron chi connectivity index (χ0n) is 12.1. The lowest BCUT2D eigenvalue weighted by atomic mass is 10.3. The number of para-hydroxylation sites is 2. The quantitative estimate of drug-likeness (QED) is 0.745. The van der Waals surface area contributed by atoms with Crippen molar-refractivity contribution >= 4 is 38.9 Å². The van der Waals surface area contributed by atoms with Gasteiger partial charge in [0, 0.05) is 11.9 Å². The highest BCUT2D eigenvalue weighted by Crippen LogP contribution is 2.46. The van der Waals surface area contributed by atoms with E-state index in [4.69, 9.17) is 0 Å². The topological polar surface area (TPSA) is 66.5 Å². The maximum absolute atomic E-state index is 12.9. The fourth-order valence-electron chi connectivity index (χ4n) is 2.69. The number of amides is 1. The van der Waals surface area contributed by atoms with Crippen LogP contribution in [0.25, 0.3) is 0 Å². The van der Waals surface area contributed by atoms with Crippen molar-refractivity contribution in [1.29, 1.82) is 0 Å². The van der Waals surface area contributed by atoms with E-state index >= 15 is 0 Å². The van der Waals surface area contributed by atoms with Crippen LogP contribution in [-0.4, -0.2) is 21.4 Å². The van der Waals surface area contributed by atoms with Crippen LogP contribution in [0.5, 0.6) is 0 Å². The third-order valence-corrected chi connectivity index (χ3v) is 6.89. The lowest BCUT2D eigenvalue weighted by molar-refractivity contribution is -0.114. The Kier molecular flexibility index (Phi) is 3.04. The molecule has 0 saturated carbocycles. The molecule has 0 unspecified atom stereocenters. The first-order valence-electron chi connectivity index (χ1n) is 6.90. The standard InChI is InChI=1S/C16H12N2O3S2/c1-18-11-7-3-5-9-13(11)23(20,21)14(16(18)19)15-17-10-6-2-4-8-12(10)22-15/h2-9,17H,1H3/b15-14-. The average Bonchev–Trinajstić information content (AvgIpc) is 2.96. The Labute approximate surface area is 137 Å². The molecule has 1 N–H and O–H groups in total. The second kappa shape index (κ2) is 4.87. The van der Waals surface area contributed by atoms with Gasteiger partial charge in [-0.05, 0) is 24.3 Å². The van der Waals surface area contributed by atoms with Crippen LogP contribution < -0.4 is 10.2 Å². The number of nitrogens with zero attached hydrogens (tertiary/aromatic N) is 1. The van der Waals surface area contributed by atoms with E-state index in [-0.39, 0.29) is 9.80 Å². The average molecular weight is 344 g/mol. The van der Waals surface area contributed by atoms with Gasteiger partial charge in [0.05, 0.1) is 16.3 Å². The van der Waals surface area contributed by atoms with E-state index in [1.165, 1.54) is 22.7 Å². The third-order valence-electron chi connectivity index (χ3n) is 3.84. The number of rotatable bonds is 0. The summed E-state index contributed by atoms with van der Waals surface area (Å²) in [4.78, 5) is 14.9. The number of anilines is 2. The second-order valence-corrected chi connectivity index (χ2v) is 8.12. The molecule has 0 aliphatic carbocycles. The number of hydrogen-bond acceptors (Lipinski definition) is 5. The molecule has 4 rings (SSSR count). The third kappa shape index (κ3) is 2.00. The van der Waals surface area contributed by atoms with Crippen molar-refractivity contribution in [3.63, 3.8) is 0 Å². The van der Waals surface area contributed by atoms with Gasteiger partial charge < -0.3 is 10.2 Å². The van der Waals surface area contributed by atoms with Crippen LogP contribution >= 0.6 is 11.8 Å². The molecule has 0 fully saturated rings. The van der Waals surface area contributed by atoms with Crippen molar-refractivity contribution in [2.75, 3.05) is 17.3 Å². The predicted octanol–water partition coefficient (Wildman–Crippen LogP) is 2.82. The lowest BCUT2D eigenvalue weighted by Crippen LogP contribution is -2.37. The summed E-state index contributed by atoms with van der Waals surface area (Å²) in [6.45, 7) is 0. The molecule has 23 heavy (non-hydrogen) atoms. The molecule has 5 nitrogen and oxygen atoms in total. The van der Waals surface area contributed by atoms with Gasteiger partial charge in [0.2, 0.25) is 9.84 Å². The van der Waals surface area contributed by atoms with E-state index < -0.39 is 15.7 Å². The van der Waals surface area contributed by atoms with E-state index in [1.54, 1.807) is 25.2 Å². The first kappa shape index (κ1) is 14.3. The van der Waals surface area contributed by atoms with Gasteiger partial charge in [0.1, 0.15) is 5.03 Å². The maximum atomic E-state index is 12.9. The lowest BCUT2D eigenvalue weighted by Gasteiger charge is -2.27. The van der Waals surface area contributed by atoms with Gasteiger partial charge in [-0.25, -0.2) is 8.42 Å². The van der Waals surface area contributed by atoms with Crippen LogP contribution in [-0.2, 0) is 14.6 Å². The fraction of sp³-hybridized carbons (Fsp3) is 0.0625. The molecule has 2 aromatic carbocycles. The summed E-state index contributed by atoms with van der Waals surface area (Å²) >= 11 is 1.27. The van der Waals surface area contributed by atoms with Crippen LogP contribution in [0.15, 0.2) is 68.3 Å². The summed E-state index contributed by atoms with van der Waals surface area (Å²) in [5, 5.41) is 3.42. The largest absolute Gasteiger partial charge is 0.348 e. The molecule has 0 aromatic heterocycles. The van der Waals surface area contributed by atoms with Crippen molar-refractivity contribution in [2.24, 2.45) is 0 Å². The molecule has 0 atom stereocenters. The summed E-state index contributed by atoms with van der Waals surface area (Å²) in [6, 6.07) is 14.0. The van der Waals surface area contributed by atoms with Gasteiger partial charge in [0.15, 0.2) is 4.91 Å². The number of fused-ring (bicyclic) bond motifs is 2. The first-order valence-corrected chi connectivity index (χ1v) is 9.20. The van der Waals surface area contributed by atoms with Crippen LogP contribution in [0.3, 0.4) is 0 Å². The second-order valence-electron chi connectivity index (χ2n) is 5.22. The molecule has 116 valence electrons. The van der Waals surface area contributed by atoms with Crippen molar-refractivity contribution in [3.8, 4) is 0 Å². The molecule has 0 radical (unpaired) electrons. The zero-order valence-corrected chi connectivity index (χ0v) is 13.7. The van der Waals surface area contributed by atoms with Gasteiger partial charge in [0.25, 0.3) is 5.91 Å². The van der Waals surface area contributed by atoms with Crippen LogP contribution in [0.2, 0.25) is 0 Å². The van der Waals surface area contributed by atoms with E-state index in [1.807, 2.05) is 24.3 Å². The smallest absolute Gasteiger partial charge is 0.272 e. The van der Waals surface area contributed by atoms with Crippen LogP contribution in [0, 0.1) is 0 Å². The molecule has 0 saturated heterocycles. The van der Waals surface area contributed by atoms with Crippen LogP contribution in [0.4, 0.5) is 11.4 Å². The van der Waals surface area contributed by atoms with Crippen molar-refractivity contribution in [2.45, 2.75) is 9.79 Å². The minimum absolute atomic E-state index is 0.156. The summed E-state index contributed by atoms with van der Waals surface area (Å²) in [5.74, 6) is -0.522. The highest BCUT2D eigenvalue weighted by molar-refractivity contribution is 8.05. The van der Waals surface area contributed by atoms with E-state index in [9.17, 15) is 13.2 Å². The minimum Gasteiger partial charge on any atom is -0.348 e. The summed E-state index contributed by atoms with van der Waals surface area (Å²) in [7, 11) is -2.27. The van der Waals surface area contributed by atoms with Crippen molar-refractivity contribution in [3.05, 3.63) is 58.5 Å². The molecule has 2 aliphatic rings. The Bertz CT molecular complexity index is 953. The Hall–Kier alpha value is -2.25. The number of benzene rings is 2. The normalized spacial score (nSPS) is 21.6. The Balaban J connectivity index is 1.95. The fourth-order valence-corrected chi connectivity index (χ4v) is 5.70. The van der Waals surface area contributed by atoms with E-state index in [0.717, 1.165) is 10.6 Å². The molecular formula is C16H12N2O3S2. The monoisotopic (exact) mass is 344 g/mol. The van der Waals surface area contributed by atoms with Crippen molar-refractivity contribution in [1.82, 2.24) is 0 Å². The number of hydrogen-bond donors (Lipinski definition) is 1. The predicted molar refractivity (Wildman–Crippen MR) is 90.0 cm³/mol. The minimum atomic E-state index is -3.86. The first-order chi connectivity index (χ1) is 11.0. The summed E-state index contributed by atoms with van der Waals surface area (Å²) in [6.07, 6.45) is 0. The Morgan fingerprint density at radius 3 is 2.52 bits per heavy atom. The van der Waals surface area contributed by atoms with Crippen LogP contribution in [0.1, 0.15) is 0 Å².